The van der Waals surface area contributed by atoms with E-state index in [0.717, 1.165) is 13.1 Å². The molecule has 0 saturated carbocycles. The van der Waals surface area contributed by atoms with Crippen LogP contribution in [0.2, 0.25) is 0 Å². The summed E-state index contributed by atoms with van der Waals surface area (Å²) in [7, 11) is -0.349. The van der Waals surface area contributed by atoms with Gasteiger partial charge >= 0.3 is 0 Å². The third-order valence-corrected chi connectivity index (χ3v) is 6.00. The highest BCUT2D eigenvalue weighted by atomic mass is 32.2. The van der Waals surface area contributed by atoms with Crippen molar-refractivity contribution in [1.82, 2.24) is 13.8 Å². The van der Waals surface area contributed by atoms with Gasteiger partial charge < -0.3 is 4.57 Å². The molecule has 1 saturated heterocycles. The molecule has 7 heteroatoms. The van der Waals surface area contributed by atoms with E-state index in [-0.39, 0.29) is 4.90 Å². The van der Waals surface area contributed by atoms with Gasteiger partial charge in [0.15, 0.2) is 0 Å². The van der Waals surface area contributed by atoms with Gasteiger partial charge in [-0.3, -0.25) is 4.90 Å². The lowest BCUT2D eigenvalue weighted by atomic mass is 10.0. The van der Waals surface area contributed by atoms with Crippen LogP contribution in [-0.4, -0.2) is 49.4 Å². The molecule has 0 N–H and O–H groups in total. The number of likely N-dealkylation sites (tertiary alicyclic amines) is 1. The number of aromatic nitrogens is 1. The minimum Gasteiger partial charge on any atom is -0.324 e. The average Bonchev–Trinajstić information content (AvgIpc) is 2.41. The summed E-state index contributed by atoms with van der Waals surface area (Å²) in [5.74, 6) is 0.682. The highest BCUT2D eigenvalue weighted by Gasteiger charge is 2.19. The molecule has 1 fully saturated rings. The summed E-state index contributed by atoms with van der Waals surface area (Å²) in [6, 6.07) is 3.27. The van der Waals surface area contributed by atoms with Gasteiger partial charge in [0.05, 0.1) is 11.6 Å². The van der Waals surface area contributed by atoms with Crippen LogP contribution in [0.3, 0.4) is 0 Å². The Balaban J connectivity index is 2.26. The van der Waals surface area contributed by atoms with E-state index in [1.165, 1.54) is 31.2 Å². The van der Waals surface area contributed by atoms with Crippen LogP contribution in [0.5, 0.6) is 0 Å². The van der Waals surface area contributed by atoms with Gasteiger partial charge in [0.25, 0.3) is 0 Å². The SMILES string of the molecule is C[C@H]1CCCN(Cn2cc(S(=O)(=O)N(C)C)ccc2=S)C1. The number of sulfonamides is 1. The molecule has 0 aromatic carbocycles. The second-order valence-corrected chi connectivity index (χ2v) is 8.50. The molecule has 0 aliphatic carbocycles. The van der Waals surface area contributed by atoms with E-state index in [9.17, 15) is 8.42 Å². The number of piperidine rings is 1. The first-order valence-corrected chi connectivity index (χ1v) is 9.01. The van der Waals surface area contributed by atoms with Crippen molar-refractivity contribution in [2.24, 2.45) is 5.92 Å². The highest BCUT2D eigenvalue weighted by molar-refractivity contribution is 7.89. The Hall–Kier alpha value is -0.760. The van der Waals surface area contributed by atoms with Crippen LogP contribution in [0.1, 0.15) is 19.8 Å². The van der Waals surface area contributed by atoms with Crippen LogP contribution in [-0.2, 0) is 16.7 Å². The lowest BCUT2D eigenvalue weighted by Crippen LogP contribution is -2.36. The van der Waals surface area contributed by atoms with Gasteiger partial charge in [0.2, 0.25) is 10.0 Å². The van der Waals surface area contributed by atoms with Gasteiger partial charge in [0, 0.05) is 26.8 Å². The predicted octanol–water partition coefficient (Wildman–Crippen LogP) is 2.16. The minimum atomic E-state index is -3.42. The van der Waals surface area contributed by atoms with E-state index < -0.39 is 10.0 Å². The number of pyridine rings is 1. The number of rotatable bonds is 4. The Morgan fingerprint density at radius 2 is 2.10 bits per heavy atom. The second kappa shape index (κ2) is 6.56. The summed E-state index contributed by atoms with van der Waals surface area (Å²) in [6.45, 7) is 4.97. The fraction of sp³-hybridized carbons (Fsp3) is 0.643. The first-order valence-electron chi connectivity index (χ1n) is 7.16. The Morgan fingerprint density at radius 3 is 2.71 bits per heavy atom. The Kier molecular flexibility index (Phi) is 5.19. The van der Waals surface area contributed by atoms with E-state index in [4.69, 9.17) is 12.2 Å². The van der Waals surface area contributed by atoms with E-state index in [1.54, 1.807) is 18.3 Å². The van der Waals surface area contributed by atoms with Gasteiger partial charge in [-0.25, -0.2) is 12.7 Å². The fourth-order valence-corrected chi connectivity index (χ4v) is 3.71. The van der Waals surface area contributed by atoms with Gasteiger partial charge in [-0.1, -0.05) is 19.1 Å². The zero-order valence-electron chi connectivity index (χ0n) is 12.8. The summed E-state index contributed by atoms with van der Waals surface area (Å²) < 4.78 is 28.1. The van der Waals surface area contributed by atoms with Crippen LogP contribution < -0.4 is 0 Å². The van der Waals surface area contributed by atoms with Crippen molar-refractivity contribution in [1.29, 1.82) is 0 Å². The van der Waals surface area contributed by atoms with Crippen molar-refractivity contribution in [3.05, 3.63) is 23.0 Å². The number of nitrogens with zero attached hydrogens (tertiary/aromatic N) is 3. The average molecular weight is 329 g/mol. The van der Waals surface area contributed by atoms with E-state index in [2.05, 4.69) is 11.8 Å². The van der Waals surface area contributed by atoms with Crippen molar-refractivity contribution in [2.75, 3.05) is 27.2 Å². The molecule has 21 heavy (non-hydrogen) atoms. The molecule has 1 aliphatic rings. The lowest BCUT2D eigenvalue weighted by molar-refractivity contribution is 0.144. The summed E-state index contributed by atoms with van der Waals surface area (Å²) in [5.41, 5.74) is 0. The molecule has 0 spiro atoms. The van der Waals surface area contributed by atoms with Crippen LogP contribution in [0.25, 0.3) is 0 Å². The van der Waals surface area contributed by atoms with Crippen molar-refractivity contribution in [3.8, 4) is 0 Å². The molecule has 1 aromatic heterocycles. The molecule has 0 bridgehead atoms. The molecular formula is C14H23N3O2S2. The molecule has 1 aromatic rings. The molecule has 1 atom stereocenters. The molecule has 118 valence electrons. The molecule has 1 aliphatic heterocycles. The van der Waals surface area contributed by atoms with Crippen LogP contribution in [0, 0.1) is 10.6 Å². The largest absolute Gasteiger partial charge is 0.324 e. The third-order valence-electron chi connectivity index (χ3n) is 3.83. The number of hydrogen-bond acceptors (Lipinski definition) is 4. The maximum atomic E-state index is 12.2. The Labute approximate surface area is 132 Å². The molecule has 0 unspecified atom stereocenters. The molecular weight excluding hydrogens is 306 g/mol. The Morgan fingerprint density at radius 1 is 1.38 bits per heavy atom. The van der Waals surface area contributed by atoms with Crippen LogP contribution in [0.15, 0.2) is 23.2 Å². The topological polar surface area (TPSA) is 45.6 Å². The monoisotopic (exact) mass is 329 g/mol. The summed E-state index contributed by atoms with van der Waals surface area (Å²) in [6.07, 6.45) is 4.10. The van der Waals surface area contributed by atoms with Gasteiger partial charge in [-0.05, 0) is 37.4 Å². The van der Waals surface area contributed by atoms with Crippen molar-refractivity contribution in [3.63, 3.8) is 0 Å². The lowest BCUT2D eigenvalue weighted by Gasteiger charge is -2.31. The van der Waals surface area contributed by atoms with E-state index in [1.807, 2.05) is 4.57 Å². The molecule has 0 radical (unpaired) electrons. The maximum Gasteiger partial charge on any atom is 0.244 e. The fourth-order valence-electron chi connectivity index (χ4n) is 2.61. The van der Waals surface area contributed by atoms with Gasteiger partial charge in [0.1, 0.15) is 4.64 Å². The van der Waals surface area contributed by atoms with E-state index >= 15 is 0 Å². The zero-order chi connectivity index (χ0) is 15.6. The first-order chi connectivity index (χ1) is 9.80. The van der Waals surface area contributed by atoms with Crippen molar-refractivity contribution < 1.29 is 8.42 Å². The van der Waals surface area contributed by atoms with Crippen LogP contribution >= 0.6 is 12.2 Å². The summed E-state index contributed by atoms with van der Waals surface area (Å²) in [4.78, 5) is 2.61. The molecule has 2 rings (SSSR count). The quantitative estimate of drug-likeness (QED) is 0.794. The third kappa shape index (κ3) is 3.91. The molecule has 5 nitrogen and oxygen atoms in total. The number of hydrogen-bond donors (Lipinski definition) is 0. The predicted molar refractivity (Wildman–Crippen MR) is 86.1 cm³/mol. The summed E-state index contributed by atoms with van der Waals surface area (Å²) in [5, 5.41) is 0. The first kappa shape index (κ1) is 16.6. The Bertz CT molecular complexity index is 652. The maximum absolute atomic E-state index is 12.2. The normalized spacial score (nSPS) is 20.9. The van der Waals surface area contributed by atoms with Gasteiger partial charge in [-0.2, -0.15) is 0 Å². The van der Waals surface area contributed by atoms with Crippen LogP contribution in [0.4, 0.5) is 0 Å². The van der Waals surface area contributed by atoms with Crippen molar-refractivity contribution in [2.45, 2.75) is 31.3 Å². The van der Waals surface area contributed by atoms with Crippen molar-refractivity contribution >= 4 is 22.2 Å². The molecule has 2 heterocycles. The van der Waals surface area contributed by atoms with Gasteiger partial charge in [-0.15, -0.1) is 0 Å². The highest BCUT2D eigenvalue weighted by Crippen LogP contribution is 2.18. The minimum absolute atomic E-state index is 0.283. The zero-order valence-corrected chi connectivity index (χ0v) is 14.5. The standard InChI is InChI=1S/C14H23N3O2S2/c1-12-5-4-8-16(9-12)11-17-10-13(6-7-14(17)20)21(18,19)15(2)3/h6-7,10,12H,4-5,8-9,11H2,1-3H3/t12-/m0/s1. The second-order valence-electron chi connectivity index (χ2n) is 5.93. The summed E-state index contributed by atoms with van der Waals surface area (Å²) >= 11 is 5.33. The smallest absolute Gasteiger partial charge is 0.244 e. The molecule has 0 amide bonds. The van der Waals surface area contributed by atoms with E-state index in [0.29, 0.717) is 17.2 Å².